The van der Waals surface area contributed by atoms with E-state index in [4.69, 9.17) is 9.47 Å². The molecule has 0 fully saturated rings. The summed E-state index contributed by atoms with van der Waals surface area (Å²) in [4.78, 5) is 23.6. The first-order chi connectivity index (χ1) is 11.4. The summed E-state index contributed by atoms with van der Waals surface area (Å²) in [6, 6.07) is 1.23. The molecule has 2 aromatic rings. The molecule has 8 nitrogen and oxygen atoms in total. The fourth-order valence-electron chi connectivity index (χ4n) is 2.49. The molecule has 1 aromatic carbocycles. The van der Waals surface area contributed by atoms with Crippen LogP contribution in [0.5, 0.6) is 17.2 Å². The first kappa shape index (κ1) is 17.2. The maximum absolute atomic E-state index is 12.2. The summed E-state index contributed by atoms with van der Waals surface area (Å²) in [6.45, 7) is 0. The number of phenols is 2. The van der Waals surface area contributed by atoms with Crippen molar-refractivity contribution in [1.82, 2.24) is 4.57 Å². The highest BCUT2D eigenvalue weighted by molar-refractivity contribution is 6.12. The molecule has 8 heteroatoms. The molecule has 0 spiro atoms. The summed E-state index contributed by atoms with van der Waals surface area (Å²) in [5.74, 6) is -1.89. The van der Waals surface area contributed by atoms with Gasteiger partial charge in [0.1, 0.15) is 5.75 Å². The summed E-state index contributed by atoms with van der Waals surface area (Å²) >= 11 is 0. The Labute approximate surface area is 137 Å². The van der Waals surface area contributed by atoms with E-state index < -0.39 is 11.9 Å². The minimum Gasteiger partial charge on any atom is -0.506 e. The van der Waals surface area contributed by atoms with E-state index in [-0.39, 0.29) is 39.4 Å². The number of hydrogen-bond donors (Lipinski definition) is 2. The zero-order valence-corrected chi connectivity index (χ0v) is 13.6. The van der Waals surface area contributed by atoms with Crippen molar-refractivity contribution in [2.45, 2.75) is 0 Å². The summed E-state index contributed by atoms with van der Waals surface area (Å²) in [5.41, 5.74) is 0.432. The van der Waals surface area contributed by atoms with E-state index in [1.807, 2.05) is 0 Å². The summed E-state index contributed by atoms with van der Waals surface area (Å²) < 4.78 is 15.7. The molecule has 0 saturated carbocycles. The smallest absolute Gasteiger partial charge is 0.340 e. The Morgan fingerprint density at radius 2 is 1.83 bits per heavy atom. The molecule has 1 aromatic heterocycles. The molecule has 0 unspecified atom stereocenters. The van der Waals surface area contributed by atoms with Crippen molar-refractivity contribution in [3.63, 3.8) is 0 Å². The lowest BCUT2D eigenvalue weighted by molar-refractivity contribution is -0.134. The second kappa shape index (κ2) is 6.53. The molecule has 2 N–H and O–H groups in total. The number of aromatic hydroxyl groups is 2. The predicted molar refractivity (Wildman–Crippen MR) is 85.2 cm³/mol. The van der Waals surface area contributed by atoms with Crippen LogP contribution in [0.1, 0.15) is 16.1 Å². The van der Waals surface area contributed by atoms with E-state index >= 15 is 0 Å². The van der Waals surface area contributed by atoms with Gasteiger partial charge in [0, 0.05) is 19.2 Å². The Hall–Kier alpha value is -3.16. The Morgan fingerprint density at radius 1 is 1.17 bits per heavy atom. The molecule has 0 saturated heterocycles. The number of fused-ring (bicyclic) bond motifs is 1. The van der Waals surface area contributed by atoms with Gasteiger partial charge in [-0.25, -0.2) is 9.59 Å². The normalized spacial score (nSPS) is 11.0. The highest BCUT2D eigenvalue weighted by atomic mass is 16.5. The van der Waals surface area contributed by atoms with Crippen LogP contribution in [0, 0.1) is 0 Å². The topological polar surface area (TPSA) is 107 Å². The highest BCUT2D eigenvalue weighted by Crippen LogP contribution is 2.44. The highest BCUT2D eigenvalue weighted by Gasteiger charge is 2.27. The number of phenolic OH excluding ortho intramolecular Hbond substituents is 2. The lowest BCUT2D eigenvalue weighted by atomic mass is 10.1. The molecular formula is C16H17NO7. The fourth-order valence-corrected chi connectivity index (χ4v) is 2.49. The van der Waals surface area contributed by atoms with E-state index in [1.165, 1.54) is 38.0 Å². The van der Waals surface area contributed by atoms with Crippen LogP contribution >= 0.6 is 0 Å². The minimum atomic E-state index is -0.743. The maximum atomic E-state index is 12.2. The molecule has 0 amide bonds. The molecule has 0 aliphatic carbocycles. The van der Waals surface area contributed by atoms with Crippen LogP contribution in [-0.2, 0) is 21.3 Å². The monoisotopic (exact) mass is 335 g/mol. The zero-order valence-electron chi connectivity index (χ0n) is 13.6. The Bertz CT molecular complexity index is 848. The molecule has 0 bridgehead atoms. The Kier molecular flexibility index (Phi) is 4.68. The van der Waals surface area contributed by atoms with Crippen LogP contribution in [-0.4, -0.2) is 48.0 Å². The van der Waals surface area contributed by atoms with Crippen LogP contribution in [0.3, 0.4) is 0 Å². The quantitative estimate of drug-likeness (QED) is 0.496. The van der Waals surface area contributed by atoms with Gasteiger partial charge in [-0.3, -0.25) is 0 Å². The van der Waals surface area contributed by atoms with Crippen molar-refractivity contribution in [3.05, 3.63) is 23.4 Å². The van der Waals surface area contributed by atoms with Crippen LogP contribution in [0.25, 0.3) is 17.0 Å². The minimum absolute atomic E-state index is 0.000694. The number of ether oxygens (including phenoxy) is 3. The van der Waals surface area contributed by atoms with E-state index in [0.29, 0.717) is 0 Å². The first-order valence-electron chi connectivity index (χ1n) is 6.83. The second-order valence-electron chi connectivity index (χ2n) is 4.84. The number of carbonyl (C=O) groups excluding carboxylic acids is 2. The number of rotatable bonds is 4. The SMILES string of the molecule is COC(=O)C=Cc1c(C(=O)OC)c2c(O)c(OC)cc(O)c2n1C. The molecule has 0 aliphatic heterocycles. The molecule has 0 aliphatic rings. The van der Waals surface area contributed by atoms with Gasteiger partial charge in [-0.1, -0.05) is 0 Å². The average molecular weight is 335 g/mol. The lowest BCUT2D eigenvalue weighted by Crippen LogP contribution is -2.04. The van der Waals surface area contributed by atoms with Crippen LogP contribution < -0.4 is 4.74 Å². The Morgan fingerprint density at radius 3 is 2.38 bits per heavy atom. The van der Waals surface area contributed by atoms with Crippen molar-refractivity contribution in [3.8, 4) is 17.2 Å². The van der Waals surface area contributed by atoms with Crippen molar-refractivity contribution in [2.75, 3.05) is 21.3 Å². The third-order valence-corrected chi connectivity index (χ3v) is 3.61. The number of aryl methyl sites for hydroxylation is 1. The van der Waals surface area contributed by atoms with Crippen molar-refractivity contribution in [2.24, 2.45) is 7.05 Å². The standard InChI is InChI=1S/C16H17NO7/c1-17-8(5-6-11(19)23-3)12(16(21)24-4)13-14(17)9(18)7-10(22-2)15(13)20/h5-7,18,20H,1-4H3. The Balaban J connectivity index is 2.92. The molecule has 128 valence electrons. The lowest BCUT2D eigenvalue weighted by Gasteiger charge is -2.07. The van der Waals surface area contributed by atoms with Gasteiger partial charge in [0.15, 0.2) is 11.5 Å². The van der Waals surface area contributed by atoms with Crippen molar-refractivity contribution in [1.29, 1.82) is 0 Å². The number of hydrogen-bond acceptors (Lipinski definition) is 7. The third kappa shape index (κ3) is 2.62. The van der Waals surface area contributed by atoms with Gasteiger partial charge in [0.05, 0.1) is 43.5 Å². The van der Waals surface area contributed by atoms with Crippen LogP contribution in [0.2, 0.25) is 0 Å². The molecule has 0 atom stereocenters. The number of nitrogens with zero attached hydrogens (tertiary/aromatic N) is 1. The number of carbonyl (C=O) groups is 2. The second-order valence-corrected chi connectivity index (χ2v) is 4.84. The van der Waals surface area contributed by atoms with Crippen LogP contribution in [0.15, 0.2) is 12.1 Å². The van der Waals surface area contributed by atoms with E-state index in [2.05, 4.69) is 4.74 Å². The largest absolute Gasteiger partial charge is 0.506 e. The van der Waals surface area contributed by atoms with Gasteiger partial charge >= 0.3 is 11.9 Å². The number of methoxy groups -OCH3 is 3. The van der Waals surface area contributed by atoms with E-state index in [9.17, 15) is 19.8 Å². The molecule has 0 radical (unpaired) electrons. The summed E-state index contributed by atoms with van der Waals surface area (Å²) in [7, 11) is 5.29. The molecule has 1 heterocycles. The number of aromatic nitrogens is 1. The van der Waals surface area contributed by atoms with Gasteiger partial charge < -0.3 is 29.0 Å². The number of esters is 2. The fraction of sp³-hybridized carbons (Fsp3) is 0.250. The number of benzene rings is 1. The van der Waals surface area contributed by atoms with Gasteiger partial charge in [-0.05, 0) is 6.08 Å². The predicted octanol–water partition coefficient (Wildman–Crippen LogP) is 1.57. The maximum Gasteiger partial charge on any atom is 0.340 e. The van der Waals surface area contributed by atoms with Gasteiger partial charge in [-0.15, -0.1) is 0 Å². The molecule has 2 rings (SSSR count). The van der Waals surface area contributed by atoms with Gasteiger partial charge in [-0.2, -0.15) is 0 Å². The third-order valence-electron chi connectivity index (χ3n) is 3.61. The summed E-state index contributed by atoms with van der Waals surface area (Å²) in [5, 5.41) is 20.7. The molecule has 24 heavy (non-hydrogen) atoms. The van der Waals surface area contributed by atoms with Gasteiger partial charge in [0.2, 0.25) is 0 Å². The first-order valence-corrected chi connectivity index (χ1v) is 6.83. The van der Waals surface area contributed by atoms with E-state index in [1.54, 1.807) is 7.05 Å². The van der Waals surface area contributed by atoms with Crippen molar-refractivity contribution < 1.29 is 34.0 Å². The molecular weight excluding hydrogens is 318 g/mol. The van der Waals surface area contributed by atoms with Crippen molar-refractivity contribution >= 4 is 28.9 Å². The van der Waals surface area contributed by atoms with Gasteiger partial charge in [0.25, 0.3) is 0 Å². The van der Waals surface area contributed by atoms with E-state index in [0.717, 1.165) is 6.08 Å². The average Bonchev–Trinajstić information content (AvgIpc) is 2.88. The zero-order chi connectivity index (χ0) is 18.0. The summed E-state index contributed by atoms with van der Waals surface area (Å²) in [6.07, 6.45) is 2.45. The van der Waals surface area contributed by atoms with Crippen LogP contribution in [0.4, 0.5) is 0 Å².